The van der Waals surface area contributed by atoms with Crippen molar-refractivity contribution in [1.82, 2.24) is 10.2 Å². The number of rotatable bonds is 6. The molecule has 6 heteroatoms. The van der Waals surface area contributed by atoms with Crippen molar-refractivity contribution < 1.29 is 13.9 Å². The van der Waals surface area contributed by atoms with Gasteiger partial charge in [-0.2, -0.15) is 0 Å². The summed E-state index contributed by atoms with van der Waals surface area (Å²) in [5.41, 5.74) is 2.64. The predicted molar refractivity (Wildman–Crippen MR) is 109 cm³/mol. The number of furan rings is 1. The molecule has 4 rings (SSSR count). The molecule has 1 aromatic heterocycles. The summed E-state index contributed by atoms with van der Waals surface area (Å²) in [7, 11) is 0. The number of nitrogens with zero attached hydrogens (tertiary/aromatic N) is 2. The molecular formula is C22H29N3O3. The lowest BCUT2D eigenvalue weighted by atomic mass is 10.1. The topological polar surface area (TPSA) is 58.0 Å². The third-order valence-corrected chi connectivity index (χ3v) is 5.61. The van der Waals surface area contributed by atoms with E-state index < -0.39 is 0 Å². The molecule has 28 heavy (non-hydrogen) atoms. The van der Waals surface area contributed by atoms with Crippen LogP contribution in [0, 0.1) is 6.92 Å². The van der Waals surface area contributed by atoms with E-state index in [0.717, 1.165) is 57.9 Å². The molecule has 2 saturated heterocycles. The summed E-state index contributed by atoms with van der Waals surface area (Å²) in [4.78, 5) is 17.1. The van der Waals surface area contributed by atoms with Crippen molar-refractivity contribution in [3.8, 4) is 0 Å². The van der Waals surface area contributed by atoms with Crippen LogP contribution in [0.15, 0.2) is 40.8 Å². The highest BCUT2D eigenvalue weighted by molar-refractivity contribution is 5.91. The lowest BCUT2D eigenvalue weighted by molar-refractivity contribution is 0.0832. The van der Waals surface area contributed by atoms with Crippen molar-refractivity contribution in [2.45, 2.75) is 32.4 Å². The Morgan fingerprint density at radius 3 is 2.71 bits per heavy atom. The Morgan fingerprint density at radius 2 is 1.96 bits per heavy atom. The zero-order valence-electron chi connectivity index (χ0n) is 16.5. The van der Waals surface area contributed by atoms with Crippen LogP contribution in [0.4, 0.5) is 5.69 Å². The van der Waals surface area contributed by atoms with Gasteiger partial charge < -0.3 is 19.4 Å². The quantitative estimate of drug-likeness (QED) is 0.831. The minimum absolute atomic E-state index is 0.142. The Labute approximate surface area is 166 Å². The summed E-state index contributed by atoms with van der Waals surface area (Å²) in [5, 5.41) is 2.91. The van der Waals surface area contributed by atoms with E-state index in [4.69, 9.17) is 9.15 Å². The highest BCUT2D eigenvalue weighted by atomic mass is 16.5. The number of carbonyl (C=O) groups excluding carboxylic acids is 1. The SMILES string of the molecule is Cc1ccccc1N1CCN(Cc2ccc(C(=O)NCC3CCCO3)o2)CC1. The fraction of sp³-hybridized carbons (Fsp3) is 0.500. The van der Waals surface area contributed by atoms with Gasteiger partial charge in [0, 0.05) is 45.0 Å². The standard InChI is InChI=1S/C22H29N3O3/c1-17-5-2-3-7-20(17)25-12-10-24(11-13-25)16-19-8-9-21(28-19)22(26)23-15-18-6-4-14-27-18/h2-3,5,7-9,18H,4,6,10-16H2,1H3,(H,23,26). The minimum atomic E-state index is -0.161. The molecule has 0 spiro atoms. The number of hydrogen-bond donors (Lipinski definition) is 1. The number of aryl methyl sites for hydroxylation is 1. The third-order valence-electron chi connectivity index (χ3n) is 5.61. The van der Waals surface area contributed by atoms with E-state index in [-0.39, 0.29) is 12.0 Å². The summed E-state index contributed by atoms with van der Waals surface area (Å²) in [6.07, 6.45) is 2.23. The van der Waals surface area contributed by atoms with E-state index in [2.05, 4.69) is 46.3 Å². The van der Waals surface area contributed by atoms with Crippen molar-refractivity contribution >= 4 is 11.6 Å². The molecule has 2 aliphatic rings. The van der Waals surface area contributed by atoms with E-state index in [9.17, 15) is 4.79 Å². The summed E-state index contributed by atoms with van der Waals surface area (Å²) in [5.74, 6) is 1.06. The number of amides is 1. The average molecular weight is 383 g/mol. The van der Waals surface area contributed by atoms with E-state index in [0.29, 0.717) is 12.3 Å². The van der Waals surface area contributed by atoms with Gasteiger partial charge in [0.2, 0.25) is 0 Å². The lowest BCUT2D eigenvalue weighted by Crippen LogP contribution is -2.46. The largest absolute Gasteiger partial charge is 0.455 e. The van der Waals surface area contributed by atoms with Gasteiger partial charge in [-0.15, -0.1) is 0 Å². The van der Waals surface area contributed by atoms with Gasteiger partial charge in [-0.25, -0.2) is 0 Å². The zero-order valence-corrected chi connectivity index (χ0v) is 16.5. The molecule has 1 unspecified atom stereocenters. The Hall–Kier alpha value is -2.31. The van der Waals surface area contributed by atoms with Crippen molar-refractivity contribution in [2.24, 2.45) is 0 Å². The number of piperazine rings is 1. The molecule has 6 nitrogen and oxygen atoms in total. The van der Waals surface area contributed by atoms with Crippen LogP contribution < -0.4 is 10.2 Å². The molecule has 1 N–H and O–H groups in total. The molecule has 2 aromatic rings. The third kappa shape index (κ3) is 4.56. The number of para-hydroxylation sites is 1. The molecule has 0 bridgehead atoms. The van der Waals surface area contributed by atoms with Crippen LogP contribution in [0.2, 0.25) is 0 Å². The first-order valence-electron chi connectivity index (χ1n) is 10.2. The van der Waals surface area contributed by atoms with Crippen LogP contribution in [0.25, 0.3) is 0 Å². The summed E-state index contributed by atoms with van der Waals surface area (Å²) < 4.78 is 11.3. The number of hydrogen-bond acceptors (Lipinski definition) is 5. The first kappa shape index (κ1) is 19.0. The second kappa shape index (κ2) is 8.80. The minimum Gasteiger partial charge on any atom is -0.455 e. The van der Waals surface area contributed by atoms with Crippen LogP contribution in [-0.4, -0.2) is 56.2 Å². The van der Waals surface area contributed by atoms with Crippen LogP contribution in [-0.2, 0) is 11.3 Å². The maximum Gasteiger partial charge on any atom is 0.287 e. The second-order valence-corrected chi connectivity index (χ2v) is 7.66. The molecule has 1 amide bonds. The fourth-order valence-electron chi connectivity index (χ4n) is 3.97. The zero-order chi connectivity index (χ0) is 19.3. The maximum atomic E-state index is 12.3. The van der Waals surface area contributed by atoms with Gasteiger partial charge in [0.15, 0.2) is 5.76 Å². The highest BCUT2D eigenvalue weighted by Gasteiger charge is 2.21. The molecule has 0 aliphatic carbocycles. The van der Waals surface area contributed by atoms with Crippen LogP contribution >= 0.6 is 0 Å². The normalized spacial score (nSPS) is 20.5. The van der Waals surface area contributed by atoms with Gasteiger partial charge in [-0.1, -0.05) is 18.2 Å². The monoisotopic (exact) mass is 383 g/mol. The second-order valence-electron chi connectivity index (χ2n) is 7.66. The summed E-state index contributed by atoms with van der Waals surface area (Å²) >= 11 is 0. The fourth-order valence-corrected chi connectivity index (χ4v) is 3.97. The first-order chi connectivity index (χ1) is 13.7. The number of ether oxygens (including phenoxy) is 1. The van der Waals surface area contributed by atoms with Crippen molar-refractivity contribution in [1.29, 1.82) is 0 Å². The van der Waals surface area contributed by atoms with Gasteiger partial charge in [0.25, 0.3) is 5.91 Å². The smallest absolute Gasteiger partial charge is 0.287 e. The summed E-state index contributed by atoms with van der Waals surface area (Å²) in [6, 6.07) is 12.2. The maximum absolute atomic E-state index is 12.3. The average Bonchev–Trinajstić information content (AvgIpc) is 3.39. The van der Waals surface area contributed by atoms with Gasteiger partial charge in [0.05, 0.1) is 12.6 Å². The first-order valence-corrected chi connectivity index (χ1v) is 10.2. The van der Waals surface area contributed by atoms with E-state index in [1.807, 2.05) is 6.07 Å². The molecule has 2 fully saturated rings. The van der Waals surface area contributed by atoms with Crippen molar-refractivity contribution in [3.63, 3.8) is 0 Å². The Balaban J connectivity index is 1.25. The molecule has 0 saturated carbocycles. The molecular weight excluding hydrogens is 354 g/mol. The Bertz CT molecular complexity index is 790. The summed E-state index contributed by atoms with van der Waals surface area (Å²) in [6.45, 7) is 8.21. The van der Waals surface area contributed by atoms with Crippen LogP contribution in [0.3, 0.4) is 0 Å². The van der Waals surface area contributed by atoms with Crippen LogP contribution in [0.5, 0.6) is 0 Å². The van der Waals surface area contributed by atoms with Gasteiger partial charge >= 0.3 is 0 Å². The molecule has 2 aliphatic heterocycles. The predicted octanol–water partition coefficient (Wildman–Crippen LogP) is 2.82. The van der Waals surface area contributed by atoms with Gasteiger partial charge in [0.1, 0.15) is 5.76 Å². The van der Waals surface area contributed by atoms with Gasteiger partial charge in [-0.3, -0.25) is 9.69 Å². The molecule has 3 heterocycles. The Kier molecular flexibility index (Phi) is 5.98. The van der Waals surface area contributed by atoms with Gasteiger partial charge in [-0.05, 0) is 43.5 Å². The lowest BCUT2D eigenvalue weighted by Gasteiger charge is -2.36. The number of anilines is 1. The van der Waals surface area contributed by atoms with Crippen LogP contribution in [0.1, 0.15) is 34.7 Å². The Morgan fingerprint density at radius 1 is 1.14 bits per heavy atom. The van der Waals surface area contributed by atoms with Crippen molar-refractivity contribution in [2.75, 3.05) is 44.2 Å². The highest BCUT2D eigenvalue weighted by Crippen LogP contribution is 2.21. The van der Waals surface area contributed by atoms with E-state index >= 15 is 0 Å². The van der Waals surface area contributed by atoms with Crippen molar-refractivity contribution in [3.05, 3.63) is 53.5 Å². The number of nitrogens with one attached hydrogen (secondary N) is 1. The van der Waals surface area contributed by atoms with E-state index in [1.54, 1.807) is 6.07 Å². The molecule has 1 atom stereocenters. The molecule has 0 radical (unpaired) electrons. The molecule has 150 valence electrons. The number of carbonyl (C=O) groups is 1. The number of benzene rings is 1. The molecule has 1 aromatic carbocycles. The van der Waals surface area contributed by atoms with E-state index in [1.165, 1.54) is 11.3 Å².